The quantitative estimate of drug-likeness (QED) is 0.380. The topological polar surface area (TPSA) is 37.3 Å². The van der Waals surface area contributed by atoms with Crippen LogP contribution in [0.15, 0.2) is 0 Å². The molecule has 2 nitrogen and oxygen atoms in total. The number of aliphatic carboxylic acids is 1. The van der Waals surface area contributed by atoms with E-state index in [4.69, 9.17) is 5.11 Å². The van der Waals surface area contributed by atoms with Gasteiger partial charge in [-0.3, -0.25) is 4.79 Å². The van der Waals surface area contributed by atoms with E-state index in [2.05, 4.69) is 41.5 Å². The van der Waals surface area contributed by atoms with Crippen molar-refractivity contribution in [2.75, 3.05) is 0 Å². The van der Waals surface area contributed by atoms with E-state index in [1.165, 1.54) is 77.0 Å². The molecule has 0 amide bonds. The Balaban J connectivity index is -0.000000111. The van der Waals surface area contributed by atoms with Crippen LogP contribution in [0.3, 0.4) is 0 Å². The van der Waals surface area contributed by atoms with Crippen molar-refractivity contribution < 1.29 is 9.90 Å². The van der Waals surface area contributed by atoms with E-state index in [-0.39, 0.29) is 0 Å². The van der Waals surface area contributed by atoms with Gasteiger partial charge in [-0.2, -0.15) is 0 Å². The average molecular weight is 347 g/mol. The molecular weight excluding hydrogens is 296 g/mol. The van der Waals surface area contributed by atoms with Gasteiger partial charge in [-0.25, -0.2) is 0 Å². The van der Waals surface area contributed by atoms with Gasteiger partial charge in [0.05, 0.1) is 0 Å². The third-order valence-electron chi connectivity index (χ3n) is 3.34. The first-order valence-corrected chi connectivity index (χ1v) is 10.7. The Morgan fingerprint density at radius 1 is 0.500 bits per heavy atom. The van der Waals surface area contributed by atoms with Gasteiger partial charge in [0.2, 0.25) is 0 Å². The zero-order valence-corrected chi connectivity index (χ0v) is 18.3. The second-order valence-electron chi connectivity index (χ2n) is 6.27. The summed E-state index contributed by atoms with van der Waals surface area (Å²) in [7, 11) is 0. The minimum absolute atomic E-state index is 0.292. The summed E-state index contributed by atoms with van der Waals surface area (Å²) in [4.78, 5) is 9.60. The molecule has 0 saturated heterocycles. The number of carbonyl (C=O) groups is 1. The third kappa shape index (κ3) is 68.4. The monoisotopic (exact) mass is 346 g/mol. The van der Waals surface area contributed by atoms with Gasteiger partial charge in [0.1, 0.15) is 0 Å². The zero-order valence-electron chi connectivity index (χ0n) is 18.3. The molecule has 0 saturated carbocycles. The molecule has 1 N–H and O–H groups in total. The van der Waals surface area contributed by atoms with Crippen LogP contribution in [-0.2, 0) is 4.79 Å². The van der Waals surface area contributed by atoms with Crippen molar-refractivity contribution in [1.29, 1.82) is 0 Å². The standard InChI is InChI=1S/3C6H14.C4H8O2/c3*1-3-5-6-4-2;1-2-3-4(5)6/h3*3-6H2,1-2H3;2-3H2,1H3,(H,5,6). The van der Waals surface area contributed by atoms with Crippen LogP contribution in [0, 0.1) is 0 Å². The van der Waals surface area contributed by atoms with Crippen LogP contribution in [0.2, 0.25) is 0 Å². The number of rotatable bonds is 11. The summed E-state index contributed by atoms with van der Waals surface area (Å²) in [6.45, 7) is 15.2. The van der Waals surface area contributed by atoms with Crippen molar-refractivity contribution in [2.45, 2.75) is 138 Å². The second kappa shape index (κ2) is 38.2. The van der Waals surface area contributed by atoms with Gasteiger partial charge >= 0.3 is 5.97 Å². The normalized spacial score (nSPS) is 8.79. The van der Waals surface area contributed by atoms with Gasteiger partial charge in [-0.15, -0.1) is 0 Å². The van der Waals surface area contributed by atoms with Crippen LogP contribution in [0.4, 0.5) is 0 Å². The highest BCUT2D eigenvalue weighted by Gasteiger charge is 1.87. The number of hydrogen-bond acceptors (Lipinski definition) is 1. The lowest BCUT2D eigenvalue weighted by molar-refractivity contribution is -0.137. The van der Waals surface area contributed by atoms with E-state index in [9.17, 15) is 4.79 Å². The van der Waals surface area contributed by atoms with Crippen molar-refractivity contribution in [1.82, 2.24) is 0 Å². The van der Waals surface area contributed by atoms with Crippen molar-refractivity contribution in [3.63, 3.8) is 0 Å². The number of hydrogen-bond donors (Lipinski definition) is 1. The molecular formula is C22H50O2. The first-order chi connectivity index (χ1) is 11.5. The Morgan fingerprint density at radius 2 is 0.708 bits per heavy atom. The smallest absolute Gasteiger partial charge is 0.303 e. The highest BCUT2D eigenvalue weighted by Crippen LogP contribution is 1.96. The molecule has 0 radical (unpaired) electrons. The second-order valence-corrected chi connectivity index (χ2v) is 6.27. The Labute approximate surface area is 154 Å². The minimum Gasteiger partial charge on any atom is -0.481 e. The van der Waals surface area contributed by atoms with E-state index >= 15 is 0 Å². The molecule has 0 atom stereocenters. The molecule has 0 aromatic carbocycles. The minimum atomic E-state index is -0.711. The predicted octanol–water partition coefficient (Wildman–Crippen LogP) is 8.63. The highest BCUT2D eigenvalue weighted by atomic mass is 16.4. The van der Waals surface area contributed by atoms with Crippen LogP contribution in [-0.4, -0.2) is 11.1 Å². The van der Waals surface area contributed by atoms with Crippen LogP contribution >= 0.6 is 0 Å². The van der Waals surface area contributed by atoms with Gasteiger partial charge in [0.25, 0.3) is 0 Å². The molecule has 150 valence electrons. The Hall–Kier alpha value is -0.530. The number of carboxylic acids is 1. The fourth-order valence-corrected chi connectivity index (χ4v) is 1.71. The molecule has 0 unspecified atom stereocenters. The van der Waals surface area contributed by atoms with Gasteiger partial charge in [0.15, 0.2) is 0 Å². The molecule has 0 aromatic rings. The summed E-state index contributed by atoms with van der Waals surface area (Å²) in [5, 5.41) is 7.91. The van der Waals surface area contributed by atoms with Crippen molar-refractivity contribution in [3.05, 3.63) is 0 Å². The van der Waals surface area contributed by atoms with Crippen molar-refractivity contribution in [2.24, 2.45) is 0 Å². The lowest BCUT2D eigenvalue weighted by Crippen LogP contribution is -1.90. The molecule has 24 heavy (non-hydrogen) atoms. The SMILES string of the molecule is CCCC(=O)O.CCCCCC.CCCCCC.CCCCCC. The fraction of sp³-hybridized carbons (Fsp3) is 0.955. The third-order valence-corrected chi connectivity index (χ3v) is 3.34. The summed E-state index contributed by atoms with van der Waals surface area (Å²) in [5.74, 6) is -0.711. The molecule has 0 aliphatic heterocycles. The number of carboxylic acid groups (broad SMARTS) is 1. The lowest BCUT2D eigenvalue weighted by Gasteiger charge is -1.86. The first kappa shape index (κ1) is 31.3. The average Bonchev–Trinajstić information content (AvgIpc) is 2.57. The zero-order chi connectivity index (χ0) is 19.5. The van der Waals surface area contributed by atoms with Gasteiger partial charge in [-0.1, -0.05) is 126 Å². The van der Waals surface area contributed by atoms with E-state index in [0.29, 0.717) is 6.42 Å². The summed E-state index contributed by atoms with van der Waals surface area (Å²) < 4.78 is 0. The highest BCUT2D eigenvalue weighted by molar-refractivity contribution is 5.66. The van der Waals surface area contributed by atoms with E-state index < -0.39 is 5.97 Å². The summed E-state index contributed by atoms with van der Waals surface area (Å²) in [5.41, 5.74) is 0. The molecule has 0 aliphatic rings. The number of unbranched alkanes of at least 4 members (excludes halogenated alkanes) is 9. The summed E-state index contributed by atoms with van der Waals surface area (Å²) in [6, 6.07) is 0. The molecule has 0 rings (SSSR count). The molecule has 0 aliphatic carbocycles. The molecule has 0 fully saturated rings. The van der Waals surface area contributed by atoms with E-state index in [1.54, 1.807) is 0 Å². The Morgan fingerprint density at radius 3 is 0.750 bits per heavy atom. The maximum absolute atomic E-state index is 9.60. The molecule has 0 aromatic heterocycles. The van der Waals surface area contributed by atoms with Gasteiger partial charge in [0, 0.05) is 6.42 Å². The van der Waals surface area contributed by atoms with Gasteiger partial charge < -0.3 is 5.11 Å². The fourth-order valence-electron chi connectivity index (χ4n) is 1.71. The molecule has 2 heteroatoms. The van der Waals surface area contributed by atoms with Gasteiger partial charge in [-0.05, 0) is 6.42 Å². The maximum atomic E-state index is 9.60. The van der Waals surface area contributed by atoms with Crippen LogP contribution in [0.1, 0.15) is 138 Å². The Bertz CT molecular complexity index is 148. The first-order valence-electron chi connectivity index (χ1n) is 10.7. The van der Waals surface area contributed by atoms with E-state index in [0.717, 1.165) is 6.42 Å². The van der Waals surface area contributed by atoms with Crippen LogP contribution < -0.4 is 0 Å². The van der Waals surface area contributed by atoms with Crippen molar-refractivity contribution in [3.8, 4) is 0 Å². The maximum Gasteiger partial charge on any atom is 0.303 e. The van der Waals surface area contributed by atoms with Crippen LogP contribution in [0.5, 0.6) is 0 Å². The molecule has 0 bridgehead atoms. The van der Waals surface area contributed by atoms with E-state index in [1.807, 2.05) is 6.92 Å². The molecule has 0 heterocycles. The predicted molar refractivity (Wildman–Crippen MR) is 112 cm³/mol. The van der Waals surface area contributed by atoms with Crippen LogP contribution in [0.25, 0.3) is 0 Å². The molecule has 0 spiro atoms. The summed E-state index contributed by atoms with van der Waals surface area (Å²) in [6.07, 6.45) is 17.6. The van der Waals surface area contributed by atoms with Crippen molar-refractivity contribution >= 4 is 5.97 Å². The lowest BCUT2D eigenvalue weighted by atomic mass is 10.2. The largest absolute Gasteiger partial charge is 0.481 e. The summed E-state index contributed by atoms with van der Waals surface area (Å²) >= 11 is 0. The Kier molecular flexibility index (Phi) is 49.7.